The number of benzene rings is 1. The van der Waals surface area contributed by atoms with Gasteiger partial charge in [-0.2, -0.15) is 0 Å². The number of hydrogen-bond donors (Lipinski definition) is 2. The molecule has 1 aliphatic heterocycles. The molecule has 0 radical (unpaired) electrons. The lowest BCUT2D eigenvalue weighted by Gasteiger charge is -2.16. The number of nitrogens with zero attached hydrogens (tertiary/aromatic N) is 1. The number of hydrogen-bond acceptors (Lipinski definition) is 3. The summed E-state index contributed by atoms with van der Waals surface area (Å²) in [6.07, 6.45) is 1.13. The van der Waals surface area contributed by atoms with E-state index in [9.17, 15) is 4.79 Å². The van der Waals surface area contributed by atoms with Gasteiger partial charge in [-0.05, 0) is 50.7 Å². The van der Waals surface area contributed by atoms with Gasteiger partial charge in [0.05, 0.1) is 17.3 Å². The number of likely N-dealkylation sites (tertiary alicyclic amines) is 1. The van der Waals surface area contributed by atoms with Crippen molar-refractivity contribution >= 4 is 34.8 Å². The number of carbonyl (C=O) groups excluding carboxylic acids is 1. The first-order valence-corrected chi connectivity index (χ1v) is 7.46. The largest absolute Gasteiger partial charge is 0.324 e. The first-order valence-electron chi connectivity index (χ1n) is 6.70. The first kappa shape index (κ1) is 15.6. The van der Waals surface area contributed by atoms with Crippen LogP contribution >= 0.6 is 23.2 Å². The van der Waals surface area contributed by atoms with E-state index in [-0.39, 0.29) is 5.91 Å². The monoisotopic (exact) mass is 315 g/mol. The zero-order valence-corrected chi connectivity index (χ0v) is 13.0. The molecule has 2 N–H and O–H groups in total. The zero-order chi connectivity index (χ0) is 14.5. The molecule has 6 heteroatoms. The molecular formula is C14H19Cl2N3O. The van der Waals surface area contributed by atoms with Crippen molar-refractivity contribution in [2.24, 2.45) is 5.92 Å². The molecule has 0 aliphatic carbocycles. The Morgan fingerprint density at radius 1 is 1.45 bits per heavy atom. The lowest BCUT2D eigenvalue weighted by Crippen LogP contribution is -2.32. The van der Waals surface area contributed by atoms with Gasteiger partial charge in [-0.3, -0.25) is 9.69 Å². The Labute approximate surface area is 129 Å². The summed E-state index contributed by atoms with van der Waals surface area (Å²) < 4.78 is 0. The van der Waals surface area contributed by atoms with Crippen molar-refractivity contribution in [2.45, 2.75) is 6.42 Å². The lowest BCUT2D eigenvalue weighted by molar-refractivity contribution is -0.117. The van der Waals surface area contributed by atoms with Crippen molar-refractivity contribution in [3.8, 4) is 0 Å². The molecule has 1 aromatic carbocycles. The summed E-state index contributed by atoms with van der Waals surface area (Å²) >= 11 is 11.9. The van der Waals surface area contributed by atoms with Gasteiger partial charge in [0.15, 0.2) is 0 Å². The molecule has 1 saturated heterocycles. The molecule has 1 atom stereocenters. The van der Waals surface area contributed by atoms with Crippen LogP contribution in [-0.4, -0.2) is 44.0 Å². The Balaban J connectivity index is 1.85. The molecule has 110 valence electrons. The summed E-state index contributed by atoms with van der Waals surface area (Å²) in [5.74, 6) is 0.571. The van der Waals surface area contributed by atoms with Crippen molar-refractivity contribution in [1.29, 1.82) is 0 Å². The van der Waals surface area contributed by atoms with Gasteiger partial charge in [0, 0.05) is 11.6 Å². The summed E-state index contributed by atoms with van der Waals surface area (Å²) in [5, 5.41) is 7.04. The fraction of sp³-hybridized carbons (Fsp3) is 0.500. The van der Waals surface area contributed by atoms with Crippen molar-refractivity contribution in [3.63, 3.8) is 0 Å². The maximum atomic E-state index is 12.0. The van der Waals surface area contributed by atoms with Gasteiger partial charge >= 0.3 is 0 Å². The van der Waals surface area contributed by atoms with Gasteiger partial charge in [-0.1, -0.05) is 23.2 Å². The van der Waals surface area contributed by atoms with Crippen molar-refractivity contribution in [2.75, 3.05) is 38.5 Å². The molecule has 4 nitrogen and oxygen atoms in total. The predicted octanol–water partition coefficient (Wildman–Crippen LogP) is 2.47. The maximum Gasteiger partial charge on any atom is 0.238 e. The van der Waals surface area contributed by atoms with Crippen LogP contribution in [-0.2, 0) is 4.79 Å². The molecule has 0 spiro atoms. The number of carbonyl (C=O) groups is 1. The fourth-order valence-corrected chi connectivity index (χ4v) is 2.83. The molecule has 1 heterocycles. The number of rotatable bonds is 5. The second-order valence-electron chi connectivity index (χ2n) is 5.12. The van der Waals surface area contributed by atoms with Crippen LogP contribution in [0.2, 0.25) is 10.0 Å². The van der Waals surface area contributed by atoms with Crippen molar-refractivity contribution in [1.82, 2.24) is 10.2 Å². The van der Waals surface area contributed by atoms with Gasteiger partial charge < -0.3 is 10.6 Å². The van der Waals surface area contributed by atoms with Gasteiger partial charge in [-0.25, -0.2) is 0 Å². The van der Waals surface area contributed by atoms with Gasteiger partial charge in [0.1, 0.15) is 0 Å². The summed E-state index contributed by atoms with van der Waals surface area (Å²) in [4.78, 5) is 14.2. The molecule has 1 unspecified atom stereocenters. The Kier molecular flexibility index (Phi) is 5.66. The second-order valence-corrected chi connectivity index (χ2v) is 5.96. The molecule has 1 fully saturated rings. The van der Waals surface area contributed by atoms with Gasteiger partial charge in [0.25, 0.3) is 0 Å². The van der Waals surface area contributed by atoms with Crippen LogP contribution in [0, 0.1) is 5.92 Å². The highest BCUT2D eigenvalue weighted by Gasteiger charge is 2.23. The third kappa shape index (κ3) is 4.35. The van der Waals surface area contributed by atoms with Crippen molar-refractivity contribution in [3.05, 3.63) is 28.2 Å². The second kappa shape index (κ2) is 7.27. The molecule has 0 saturated carbocycles. The summed E-state index contributed by atoms with van der Waals surface area (Å²) in [6.45, 7) is 3.31. The van der Waals surface area contributed by atoms with E-state index < -0.39 is 0 Å². The summed E-state index contributed by atoms with van der Waals surface area (Å²) in [7, 11) is 1.95. The Hall–Kier alpha value is -0.810. The standard InChI is InChI=1S/C14H19Cl2N3O/c1-17-7-10-4-5-19(8-10)9-14(20)18-13-6-11(15)2-3-12(13)16/h2-3,6,10,17H,4-5,7-9H2,1H3,(H,18,20). The van der Waals surface area contributed by atoms with E-state index in [1.165, 1.54) is 0 Å². The van der Waals surface area contributed by atoms with E-state index in [0.717, 1.165) is 26.1 Å². The minimum Gasteiger partial charge on any atom is -0.324 e. The maximum absolute atomic E-state index is 12.0. The molecule has 1 amide bonds. The van der Waals surface area contributed by atoms with Crippen LogP contribution < -0.4 is 10.6 Å². The minimum absolute atomic E-state index is 0.0562. The molecule has 20 heavy (non-hydrogen) atoms. The van der Waals surface area contributed by atoms with Gasteiger partial charge in [-0.15, -0.1) is 0 Å². The zero-order valence-electron chi connectivity index (χ0n) is 11.5. The summed E-state index contributed by atoms with van der Waals surface area (Å²) in [6, 6.07) is 5.04. The fourth-order valence-electron chi connectivity index (χ4n) is 2.50. The van der Waals surface area contributed by atoms with E-state index in [0.29, 0.717) is 28.2 Å². The van der Waals surface area contributed by atoms with Crippen LogP contribution in [0.15, 0.2) is 18.2 Å². The molecule has 0 bridgehead atoms. The van der Waals surface area contributed by atoms with Crippen molar-refractivity contribution < 1.29 is 4.79 Å². The Morgan fingerprint density at radius 3 is 3.00 bits per heavy atom. The highest BCUT2D eigenvalue weighted by atomic mass is 35.5. The highest BCUT2D eigenvalue weighted by molar-refractivity contribution is 6.35. The predicted molar refractivity (Wildman–Crippen MR) is 83.6 cm³/mol. The third-order valence-corrected chi connectivity index (χ3v) is 4.00. The Bertz CT molecular complexity index is 481. The van der Waals surface area contributed by atoms with E-state index in [4.69, 9.17) is 23.2 Å². The molecule has 0 aromatic heterocycles. The van der Waals surface area contributed by atoms with Gasteiger partial charge in [0.2, 0.25) is 5.91 Å². The Morgan fingerprint density at radius 2 is 2.25 bits per heavy atom. The SMILES string of the molecule is CNCC1CCN(CC(=O)Nc2cc(Cl)ccc2Cl)C1. The number of halogens is 2. The molecule has 2 rings (SSSR count). The molecule has 1 aliphatic rings. The van der Waals surface area contributed by atoms with E-state index in [1.807, 2.05) is 7.05 Å². The van der Waals surface area contributed by atoms with Crippen LogP contribution in [0.1, 0.15) is 6.42 Å². The third-order valence-electron chi connectivity index (χ3n) is 3.43. The average Bonchev–Trinajstić information content (AvgIpc) is 2.81. The van der Waals surface area contributed by atoms with Crippen LogP contribution in [0.5, 0.6) is 0 Å². The van der Waals surface area contributed by atoms with Crippen LogP contribution in [0.25, 0.3) is 0 Å². The molecular weight excluding hydrogens is 297 g/mol. The van der Waals surface area contributed by atoms with E-state index in [2.05, 4.69) is 15.5 Å². The van der Waals surface area contributed by atoms with E-state index >= 15 is 0 Å². The number of anilines is 1. The number of amides is 1. The molecule has 1 aromatic rings. The van der Waals surface area contributed by atoms with Crippen LogP contribution in [0.3, 0.4) is 0 Å². The van der Waals surface area contributed by atoms with Crippen LogP contribution in [0.4, 0.5) is 5.69 Å². The highest BCUT2D eigenvalue weighted by Crippen LogP contribution is 2.25. The first-order chi connectivity index (χ1) is 9.58. The minimum atomic E-state index is -0.0562. The number of nitrogens with one attached hydrogen (secondary N) is 2. The quantitative estimate of drug-likeness (QED) is 0.877. The topological polar surface area (TPSA) is 44.4 Å². The summed E-state index contributed by atoms with van der Waals surface area (Å²) in [5.41, 5.74) is 0.565. The average molecular weight is 316 g/mol. The lowest BCUT2D eigenvalue weighted by atomic mass is 10.1. The van der Waals surface area contributed by atoms with E-state index in [1.54, 1.807) is 18.2 Å². The smallest absolute Gasteiger partial charge is 0.238 e. The normalized spacial score (nSPS) is 19.2.